The molecule has 12 heteroatoms. The number of hydrogen-bond donors (Lipinski definition) is 4. The Hall–Kier alpha value is -6.30. The van der Waals surface area contributed by atoms with Gasteiger partial charge in [0, 0.05) is 24.8 Å². The maximum absolute atomic E-state index is 11.9. The van der Waals surface area contributed by atoms with Crippen molar-refractivity contribution >= 4 is 24.1 Å². The number of hydrogen-bond acceptors (Lipinski definition) is 8. The zero-order chi connectivity index (χ0) is 29.3. The highest BCUT2D eigenvalue weighted by Crippen LogP contribution is 2.18. The molecule has 12 nitrogen and oxygen atoms in total. The molecule has 208 valence electrons. The fourth-order valence-corrected chi connectivity index (χ4v) is 3.76. The predicted octanol–water partition coefficient (Wildman–Crippen LogP) is 4.03. The second kappa shape index (κ2) is 12.7. The largest absolute Gasteiger partial charge is 0.493 e. The lowest BCUT2D eigenvalue weighted by Crippen LogP contribution is -2.06. The normalized spacial score (nSPS) is 11.0. The number of aromatic hydroxyl groups is 2. The molecular weight excluding hydrogens is 536 g/mol. The molecule has 0 bridgehead atoms. The Balaban J connectivity index is 0.000000168. The third kappa shape index (κ3) is 6.29. The van der Waals surface area contributed by atoms with Crippen LogP contribution in [0.5, 0.6) is 11.8 Å². The molecule has 0 spiro atoms. The highest BCUT2D eigenvalue weighted by molar-refractivity contribution is 5.84. The molecule has 2 aromatic carbocycles. The second-order valence-electron chi connectivity index (χ2n) is 8.59. The van der Waals surface area contributed by atoms with E-state index in [0.29, 0.717) is 23.0 Å². The maximum Gasteiger partial charge on any atom is 0.277 e. The summed E-state index contributed by atoms with van der Waals surface area (Å²) in [5.74, 6) is 0.546. The van der Waals surface area contributed by atoms with E-state index in [1.165, 1.54) is 21.8 Å². The summed E-state index contributed by atoms with van der Waals surface area (Å²) in [4.78, 5) is 40.0. The van der Waals surface area contributed by atoms with E-state index >= 15 is 0 Å². The summed E-state index contributed by atoms with van der Waals surface area (Å²) in [5, 5.41) is 25.5. The van der Waals surface area contributed by atoms with Crippen molar-refractivity contribution in [2.45, 2.75) is 0 Å². The average molecular weight is 561 g/mol. The van der Waals surface area contributed by atoms with Gasteiger partial charge in [-0.2, -0.15) is 0 Å². The minimum Gasteiger partial charge on any atom is -0.493 e. The quantitative estimate of drug-likeness (QED) is 0.224. The summed E-state index contributed by atoms with van der Waals surface area (Å²) < 4.78 is 2.62. The Morgan fingerprint density at radius 1 is 0.571 bits per heavy atom. The summed E-state index contributed by atoms with van der Waals surface area (Å²) >= 11 is 0. The van der Waals surface area contributed by atoms with Crippen molar-refractivity contribution < 1.29 is 10.2 Å². The van der Waals surface area contributed by atoms with Gasteiger partial charge in [-0.1, -0.05) is 48.5 Å². The zero-order valence-corrected chi connectivity index (χ0v) is 21.9. The van der Waals surface area contributed by atoms with Crippen molar-refractivity contribution in [2.24, 2.45) is 9.98 Å². The smallest absolute Gasteiger partial charge is 0.277 e. The minimum absolute atomic E-state index is 0.0875. The van der Waals surface area contributed by atoms with Gasteiger partial charge in [0.05, 0.1) is 11.4 Å². The SMILES string of the molecule is O=c1[nH]n(-c2ccccc2)c(O)c1/C=N/c1ccccn1.O=c1[nH]n(-c2ccccc2)c(O)c1/C=N/c1ccccn1. The lowest BCUT2D eigenvalue weighted by molar-refractivity contribution is 0.432. The van der Waals surface area contributed by atoms with Gasteiger partial charge in [-0.25, -0.2) is 29.3 Å². The third-order valence-corrected chi connectivity index (χ3v) is 5.80. The number of H-pyrrole nitrogens is 2. The molecule has 0 amide bonds. The molecule has 4 heterocycles. The van der Waals surface area contributed by atoms with E-state index in [1.807, 2.05) is 36.4 Å². The van der Waals surface area contributed by atoms with Gasteiger partial charge in [-0.05, 0) is 48.5 Å². The van der Waals surface area contributed by atoms with Crippen LogP contribution in [0.2, 0.25) is 0 Å². The van der Waals surface area contributed by atoms with E-state index in [4.69, 9.17) is 0 Å². The predicted molar refractivity (Wildman–Crippen MR) is 159 cm³/mol. The average Bonchev–Trinajstić information content (AvgIpc) is 3.49. The number of pyridine rings is 2. The summed E-state index contributed by atoms with van der Waals surface area (Å²) in [5.41, 5.74) is 0.648. The number of rotatable bonds is 6. The van der Waals surface area contributed by atoms with E-state index in [2.05, 4.69) is 30.2 Å². The molecule has 0 fully saturated rings. The van der Waals surface area contributed by atoms with Crippen LogP contribution in [0.4, 0.5) is 11.6 Å². The second-order valence-corrected chi connectivity index (χ2v) is 8.59. The molecule has 4 aromatic heterocycles. The van der Waals surface area contributed by atoms with Gasteiger partial charge < -0.3 is 10.2 Å². The maximum atomic E-state index is 11.9. The molecule has 6 rings (SSSR count). The number of aromatic amines is 2. The highest BCUT2D eigenvalue weighted by Gasteiger charge is 2.14. The van der Waals surface area contributed by atoms with Crippen molar-refractivity contribution in [1.82, 2.24) is 29.5 Å². The fraction of sp³-hybridized carbons (Fsp3) is 0. The van der Waals surface area contributed by atoms with Crippen molar-refractivity contribution in [3.63, 3.8) is 0 Å². The number of nitrogens with zero attached hydrogens (tertiary/aromatic N) is 6. The zero-order valence-electron chi connectivity index (χ0n) is 21.9. The van der Waals surface area contributed by atoms with E-state index in [0.717, 1.165) is 0 Å². The number of nitrogens with one attached hydrogen (secondary N) is 2. The monoisotopic (exact) mass is 560 g/mol. The highest BCUT2D eigenvalue weighted by atomic mass is 16.3. The standard InChI is InChI=1S/2C15H12N4O2/c2*20-14-12(10-17-13-8-4-5-9-16-13)15(21)19(18-14)11-6-2-1-3-7-11/h2*1-10,21H,(H,18,20)/b2*17-10+. The minimum atomic E-state index is -0.420. The van der Waals surface area contributed by atoms with E-state index in [1.54, 1.807) is 73.1 Å². The van der Waals surface area contributed by atoms with E-state index < -0.39 is 11.1 Å². The summed E-state index contributed by atoms with van der Waals surface area (Å²) in [6, 6.07) is 28.6. The molecule has 42 heavy (non-hydrogen) atoms. The van der Waals surface area contributed by atoms with Gasteiger partial charge >= 0.3 is 0 Å². The molecule has 0 aliphatic rings. The third-order valence-electron chi connectivity index (χ3n) is 5.80. The number of para-hydroxylation sites is 2. The topological polar surface area (TPSA) is 167 Å². The Labute approximate surface area is 238 Å². The molecule has 0 aliphatic heterocycles. The number of aromatic nitrogens is 6. The molecule has 0 atom stereocenters. The van der Waals surface area contributed by atoms with Gasteiger partial charge in [-0.15, -0.1) is 0 Å². The van der Waals surface area contributed by atoms with Crippen LogP contribution in [-0.2, 0) is 0 Å². The van der Waals surface area contributed by atoms with Gasteiger partial charge in [0.25, 0.3) is 11.1 Å². The van der Waals surface area contributed by atoms with Crippen LogP contribution in [0, 0.1) is 0 Å². The lowest BCUT2D eigenvalue weighted by Gasteiger charge is -2.02. The van der Waals surface area contributed by atoms with Crippen molar-refractivity contribution in [3.8, 4) is 23.1 Å². The first-order valence-corrected chi connectivity index (χ1v) is 12.6. The molecule has 0 unspecified atom stereocenters. The van der Waals surface area contributed by atoms with Gasteiger partial charge in [0.1, 0.15) is 11.1 Å². The van der Waals surface area contributed by atoms with Crippen LogP contribution in [0.3, 0.4) is 0 Å². The lowest BCUT2D eigenvalue weighted by atomic mass is 10.3. The van der Waals surface area contributed by atoms with Crippen LogP contribution in [-0.4, -0.2) is 52.2 Å². The van der Waals surface area contributed by atoms with Crippen molar-refractivity contribution in [3.05, 3.63) is 141 Å². The molecule has 0 saturated heterocycles. The van der Waals surface area contributed by atoms with Gasteiger partial charge in [-0.3, -0.25) is 19.8 Å². The Morgan fingerprint density at radius 2 is 0.952 bits per heavy atom. The first-order valence-electron chi connectivity index (χ1n) is 12.6. The summed E-state index contributed by atoms with van der Waals surface area (Å²) in [6.07, 6.45) is 5.81. The van der Waals surface area contributed by atoms with Crippen molar-refractivity contribution in [2.75, 3.05) is 0 Å². The van der Waals surface area contributed by atoms with Gasteiger partial charge in [0.15, 0.2) is 11.6 Å². The number of aliphatic imine (C=N–C) groups is 2. The van der Waals surface area contributed by atoms with Crippen LogP contribution < -0.4 is 11.1 Å². The fourth-order valence-electron chi connectivity index (χ4n) is 3.76. The molecule has 6 aromatic rings. The van der Waals surface area contributed by atoms with E-state index in [9.17, 15) is 19.8 Å². The molecule has 4 N–H and O–H groups in total. The van der Waals surface area contributed by atoms with Crippen LogP contribution >= 0.6 is 0 Å². The molecule has 0 saturated carbocycles. The first kappa shape index (κ1) is 27.3. The van der Waals surface area contributed by atoms with Crippen LogP contribution in [0.1, 0.15) is 11.1 Å². The van der Waals surface area contributed by atoms with Crippen LogP contribution in [0.15, 0.2) is 129 Å². The van der Waals surface area contributed by atoms with Gasteiger partial charge in [0.2, 0.25) is 11.8 Å². The van der Waals surface area contributed by atoms with Crippen LogP contribution in [0.25, 0.3) is 11.4 Å². The Morgan fingerprint density at radius 3 is 1.31 bits per heavy atom. The Kier molecular flexibility index (Phi) is 8.25. The first-order chi connectivity index (χ1) is 20.5. The Bertz CT molecular complexity index is 1780. The molecule has 0 radical (unpaired) electrons. The number of benzene rings is 2. The summed E-state index contributed by atoms with van der Waals surface area (Å²) in [6.45, 7) is 0. The van der Waals surface area contributed by atoms with E-state index in [-0.39, 0.29) is 22.9 Å². The molecule has 0 aliphatic carbocycles. The van der Waals surface area contributed by atoms with Crippen molar-refractivity contribution in [1.29, 1.82) is 0 Å². The summed E-state index contributed by atoms with van der Waals surface area (Å²) in [7, 11) is 0. The molecular formula is C30H24N8O4.